The van der Waals surface area contributed by atoms with Gasteiger partial charge in [0.1, 0.15) is 5.75 Å². The van der Waals surface area contributed by atoms with Gasteiger partial charge in [-0.15, -0.1) is 0 Å². The van der Waals surface area contributed by atoms with E-state index in [2.05, 4.69) is 0 Å². The van der Waals surface area contributed by atoms with E-state index in [4.69, 9.17) is 31.2 Å². The van der Waals surface area contributed by atoms with Gasteiger partial charge in [-0.05, 0) is 55.0 Å². The van der Waals surface area contributed by atoms with Gasteiger partial charge in [-0.2, -0.15) is 0 Å². The maximum Gasteiger partial charge on any atom is 0.270 e. The minimum atomic E-state index is -0.182. The average Bonchev–Trinajstić information content (AvgIpc) is 3.01. The summed E-state index contributed by atoms with van der Waals surface area (Å²) in [5.41, 5.74) is 1.44. The molecule has 0 radical (unpaired) electrons. The number of nitrogens with zero attached hydrogens (tertiary/aromatic N) is 1. The summed E-state index contributed by atoms with van der Waals surface area (Å²) in [7, 11) is 4.64. The summed E-state index contributed by atoms with van der Waals surface area (Å²) in [4.78, 5) is 15.0. The highest BCUT2D eigenvalue weighted by Crippen LogP contribution is 2.41. The number of carbonyl (C=O) groups excluding carboxylic acids is 1. The summed E-state index contributed by atoms with van der Waals surface area (Å²) in [5.74, 6) is 2.09. The van der Waals surface area contributed by atoms with Crippen molar-refractivity contribution in [1.29, 1.82) is 0 Å². The average molecular weight is 432 g/mol. The second-order valence-corrected chi connectivity index (χ2v) is 7.58. The fourth-order valence-electron chi connectivity index (χ4n) is 2.88. The maximum atomic E-state index is 13.0. The van der Waals surface area contributed by atoms with Gasteiger partial charge < -0.3 is 18.9 Å². The summed E-state index contributed by atoms with van der Waals surface area (Å²) in [6.45, 7) is 2.50. The molecule has 3 rings (SSSR count). The predicted octanol–water partition coefficient (Wildman–Crippen LogP) is 4.52. The molecule has 0 atom stereocenters. The van der Waals surface area contributed by atoms with E-state index in [-0.39, 0.29) is 5.91 Å². The summed E-state index contributed by atoms with van der Waals surface area (Å²) in [6, 6.07) is 10.8. The SMILES string of the molecule is CCOc1ccc(N2C(=O)C(=Cc3cc(OC)c(OC)c(OC)c3)SC2=S)cc1. The molecule has 8 heteroatoms. The van der Waals surface area contributed by atoms with Crippen molar-refractivity contribution in [1.82, 2.24) is 0 Å². The quantitative estimate of drug-likeness (QED) is 0.472. The molecule has 0 saturated carbocycles. The van der Waals surface area contributed by atoms with Crippen molar-refractivity contribution in [3.63, 3.8) is 0 Å². The van der Waals surface area contributed by atoms with Gasteiger partial charge in [0.2, 0.25) is 5.75 Å². The largest absolute Gasteiger partial charge is 0.494 e. The fraction of sp³-hybridized carbons (Fsp3) is 0.238. The van der Waals surface area contributed by atoms with Gasteiger partial charge in [-0.3, -0.25) is 9.69 Å². The van der Waals surface area contributed by atoms with E-state index >= 15 is 0 Å². The zero-order valence-corrected chi connectivity index (χ0v) is 18.2. The van der Waals surface area contributed by atoms with Crippen LogP contribution >= 0.6 is 24.0 Å². The molecular weight excluding hydrogens is 410 g/mol. The van der Waals surface area contributed by atoms with Crippen LogP contribution in [-0.2, 0) is 4.79 Å². The first-order valence-electron chi connectivity index (χ1n) is 8.83. The molecular formula is C21H21NO5S2. The van der Waals surface area contributed by atoms with Crippen LogP contribution in [0.3, 0.4) is 0 Å². The van der Waals surface area contributed by atoms with E-state index in [0.717, 1.165) is 11.3 Å². The predicted molar refractivity (Wildman–Crippen MR) is 119 cm³/mol. The van der Waals surface area contributed by atoms with Gasteiger partial charge in [-0.1, -0.05) is 24.0 Å². The van der Waals surface area contributed by atoms with Crippen LogP contribution in [0.15, 0.2) is 41.3 Å². The van der Waals surface area contributed by atoms with E-state index in [9.17, 15) is 4.79 Å². The Morgan fingerprint density at radius 2 is 1.66 bits per heavy atom. The molecule has 2 aromatic rings. The standard InChI is InChI=1S/C21H21NO5S2/c1-5-27-15-8-6-14(7-9-15)22-20(23)18(29-21(22)28)12-13-10-16(24-2)19(26-4)17(11-13)25-3/h6-12H,5H2,1-4H3. The molecule has 2 aromatic carbocycles. The molecule has 29 heavy (non-hydrogen) atoms. The van der Waals surface area contributed by atoms with Gasteiger partial charge in [0, 0.05) is 0 Å². The Kier molecular flexibility index (Phi) is 6.66. The van der Waals surface area contributed by atoms with Crippen LogP contribution < -0.4 is 23.8 Å². The topological polar surface area (TPSA) is 57.2 Å². The molecule has 0 aromatic heterocycles. The number of hydrogen-bond acceptors (Lipinski definition) is 7. The second-order valence-electron chi connectivity index (χ2n) is 5.90. The number of thioether (sulfide) groups is 1. The summed E-state index contributed by atoms with van der Waals surface area (Å²) in [5, 5.41) is 0. The van der Waals surface area contributed by atoms with E-state index in [1.807, 2.05) is 31.2 Å². The van der Waals surface area contributed by atoms with Crippen molar-refractivity contribution in [2.45, 2.75) is 6.92 Å². The lowest BCUT2D eigenvalue weighted by Crippen LogP contribution is -2.27. The maximum absolute atomic E-state index is 13.0. The van der Waals surface area contributed by atoms with Crippen LogP contribution in [0.4, 0.5) is 5.69 Å². The fourth-order valence-corrected chi connectivity index (χ4v) is 4.18. The molecule has 0 N–H and O–H groups in total. The van der Waals surface area contributed by atoms with Gasteiger partial charge in [-0.25, -0.2) is 0 Å². The van der Waals surface area contributed by atoms with Crippen molar-refractivity contribution in [3.8, 4) is 23.0 Å². The van der Waals surface area contributed by atoms with Crippen LogP contribution in [-0.4, -0.2) is 38.2 Å². The number of thiocarbonyl (C=S) groups is 1. The minimum Gasteiger partial charge on any atom is -0.494 e. The van der Waals surface area contributed by atoms with Crippen LogP contribution in [0.2, 0.25) is 0 Å². The Morgan fingerprint density at radius 3 is 2.17 bits per heavy atom. The molecule has 1 aliphatic rings. The Morgan fingerprint density at radius 1 is 1.03 bits per heavy atom. The molecule has 1 amide bonds. The lowest BCUT2D eigenvalue weighted by molar-refractivity contribution is -0.113. The van der Waals surface area contributed by atoms with E-state index in [1.165, 1.54) is 16.7 Å². The Labute approximate surface area is 179 Å². The second kappa shape index (κ2) is 9.19. The molecule has 1 fully saturated rings. The van der Waals surface area contributed by atoms with Crippen molar-refractivity contribution in [2.75, 3.05) is 32.8 Å². The monoisotopic (exact) mass is 431 g/mol. The number of hydrogen-bond donors (Lipinski definition) is 0. The van der Waals surface area contributed by atoms with Crippen LogP contribution in [0.25, 0.3) is 6.08 Å². The van der Waals surface area contributed by atoms with E-state index in [1.54, 1.807) is 39.5 Å². The molecule has 0 bridgehead atoms. The third kappa shape index (κ3) is 4.33. The lowest BCUT2D eigenvalue weighted by atomic mass is 10.1. The number of anilines is 1. The van der Waals surface area contributed by atoms with Gasteiger partial charge in [0.05, 0.1) is 38.5 Å². The summed E-state index contributed by atoms with van der Waals surface area (Å²) >= 11 is 6.69. The molecule has 6 nitrogen and oxygen atoms in total. The number of amides is 1. The van der Waals surface area contributed by atoms with E-state index < -0.39 is 0 Å². The first kappa shape index (κ1) is 21.0. The molecule has 0 unspecified atom stereocenters. The number of ether oxygens (including phenoxy) is 4. The number of rotatable bonds is 7. The molecule has 0 aliphatic carbocycles. The molecule has 1 heterocycles. The third-order valence-corrected chi connectivity index (χ3v) is 5.49. The highest BCUT2D eigenvalue weighted by molar-refractivity contribution is 8.27. The first-order chi connectivity index (χ1) is 14.0. The Hall–Kier alpha value is -2.71. The van der Waals surface area contributed by atoms with Crippen molar-refractivity contribution >= 4 is 46.0 Å². The van der Waals surface area contributed by atoms with Crippen LogP contribution in [0.1, 0.15) is 12.5 Å². The normalized spacial score (nSPS) is 15.0. The number of carbonyl (C=O) groups is 1. The summed E-state index contributed by atoms with van der Waals surface area (Å²) in [6.07, 6.45) is 1.76. The molecule has 1 saturated heterocycles. The van der Waals surface area contributed by atoms with Crippen LogP contribution in [0, 0.1) is 0 Å². The first-order valence-corrected chi connectivity index (χ1v) is 10.1. The van der Waals surface area contributed by atoms with Crippen molar-refractivity contribution < 1.29 is 23.7 Å². The highest BCUT2D eigenvalue weighted by Gasteiger charge is 2.33. The molecule has 1 aliphatic heterocycles. The van der Waals surface area contributed by atoms with E-state index in [0.29, 0.717) is 38.8 Å². The summed E-state index contributed by atoms with van der Waals surface area (Å²) < 4.78 is 22.0. The van der Waals surface area contributed by atoms with Crippen molar-refractivity contribution in [3.05, 3.63) is 46.9 Å². The third-order valence-electron chi connectivity index (χ3n) is 4.18. The Bertz CT molecular complexity index is 931. The van der Waals surface area contributed by atoms with Gasteiger partial charge in [0.15, 0.2) is 15.8 Å². The smallest absolute Gasteiger partial charge is 0.270 e. The lowest BCUT2D eigenvalue weighted by Gasteiger charge is -2.15. The van der Waals surface area contributed by atoms with Crippen LogP contribution in [0.5, 0.6) is 23.0 Å². The number of methoxy groups -OCH3 is 3. The van der Waals surface area contributed by atoms with Gasteiger partial charge >= 0.3 is 0 Å². The van der Waals surface area contributed by atoms with Crippen molar-refractivity contribution in [2.24, 2.45) is 0 Å². The zero-order valence-electron chi connectivity index (χ0n) is 16.6. The number of benzene rings is 2. The Balaban J connectivity index is 1.92. The molecule has 152 valence electrons. The zero-order chi connectivity index (χ0) is 21.0. The molecule has 0 spiro atoms. The van der Waals surface area contributed by atoms with Gasteiger partial charge in [0.25, 0.3) is 5.91 Å². The minimum absolute atomic E-state index is 0.182. The highest BCUT2D eigenvalue weighted by atomic mass is 32.2.